The summed E-state index contributed by atoms with van der Waals surface area (Å²) in [5, 5.41) is 0. The Kier molecular flexibility index (Phi) is 5.19. The smallest absolute Gasteiger partial charge is 0.119 e. The molecule has 4 nitrogen and oxygen atoms in total. The maximum atomic E-state index is 5.62. The number of hydrogen-bond donors (Lipinski definition) is 1. The Hall–Kier alpha value is -1.10. The van der Waals surface area contributed by atoms with E-state index in [1.165, 1.54) is 12.0 Å². The van der Waals surface area contributed by atoms with E-state index < -0.39 is 0 Å². The molecule has 1 atom stereocenters. The zero-order valence-electron chi connectivity index (χ0n) is 12.0. The summed E-state index contributed by atoms with van der Waals surface area (Å²) in [7, 11) is 3.89. The predicted octanol–water partition coefficient (Wildman–Crippen LogP) is 1.16. The minimum absolute atomic E-state index is 0.647. The van der Waals surface area contributed by atoms with Crippen molar-refractivity contribution >= 4 is 0 Å². The summed E-state index contributed by atoms with van der Waals surface area (Å²) in [6.45, 7) is 5.02. The number of likely N-dealkylation sites (N-methyl/N-ethyl adjacent to an activating group) is 1. The standard InChI is InChI=1S/C15H25N3O/c1-17(9-7-16)14-6-8-18(12-14)11-13-4-3-5-15(10-13)19-2/h3-5,10,14H,6-9,11-12,16H2,1-2H3. The van der Waals surface area contributed by atoms with Gasteiger partial charge in [0.1, 0.15) is 5.75 Å². The SMILES string of the molecule is COc1cccc(CN2CCC(N(C)CCN)C2)c1. The first-order valence-corrected chi connectivity index (χ1v) is 6.98. The molecule has 106 valence electrons. The first-order valence-electron chi connectivity index (χ1n) is 6.98. The van der Waals surface area contributed by atoms with Crippen molar-refractivity contribution in [3.05, 3.63) is 29.8 Å². The highest BCUT2D eigenvalue weighted by molar-refractivity contribution is 5.28. The Morgan fingerprint density at radius 3 is 3.05 bits per heavy atom. The molecule has 0 radical (unpaired) electrons. The van der Waals surface area contributed by atoms with Crippen molar-refractivity contribution in [1.82, 2.24) is 9.80 Å². The van der Waals surface area contributed by atoms with E-state index in [1.807, 2.05) is 6.07 Å². The molecule has 1 unspecified atom stereocenters. The van der Waals surface area contributed by atoms with Gasteiger partial charge in [-0.1, -0.05) is 12.1 Å². The van der Waals surface area contributed by atoms with Crippen LogP contribution >= 0.6 is 0 Å². The largest absolute Gasteiger partial charge is 0.497 e. The van der Waals surface area contributed by atoms with Crippen LogP contribution in [0.25, 0.3) is 0 Å². The molecule has 19 heavy (non-hydrogen) atoms. The van der Waals surface area contributed by atoms with Gasteiger partial charge in [0.2, 0.25) is 0 Å². The average molecular weight is 263 g/mol. The lowest BCUT2D eigenvalue weighted by molar-refractivity contribution is 0.234. The minimum Gasteiger partial charge on any atom is -0.497 e. The molecule has 1 fully saturated rings. The summed E-state index contributed by atoms with van der Waals surface area (Å²) in [6.07, 6.45) is 1.24. The van der Waals surface area contributed by atoms with Crippen molar-refractivity contribution in [2.24, 2.45) is 5.73 Å². The van der Waals surface area contributed by atoms with Crippen LogP contribution in [-0.4, -0.2) is 56.2 Å². The second-order valence-corrected chi connectivity index (χ2v) is 5.30. The Morgan fingerprint density at radius 2 is 2.32 bits per heavy atom. The topological polar surface area (TPSA) is 41.7 Å². The van der Waals surface area contributed by atoms with Gasteiger partial charge in [-0.3, -0.25) is 4.90 Å². The number of nitrogens with zero attached hydrogens (tertiary/aromatic N) is 2. The highest BCUT2D eigenvalue weighted by Crippen LogP contribution is 2.19. The minimum atomic E-state index is 0.647. The fourth-order valence-corrected chi connectivity index (χ4v) is 2.73. The first kappa shape index (κ1) is 14.3. The average Bonchev–Trinajstić information content (AvgIpc) is 2.88. The van der Waals surface area contributed by atoms with Crippen molar-refractivity contribution in [2.45, 2.75) is 19.0 Å². The van der Waals surface area contributed by atoms with Crippen LogP contribution in [0.5, 0.6) is 5.75 Å². The van der Waals surface area contributed by atoms with Crippen molar-refractivity contribution in [2.75, 3.05) is 40.3 Å². The van der Waals surface area contributed by atoms with E-state index in [0.717, 1.165) is 38.5 Å². The number of hydrogen-bond acceptors (Lipinski definition) is 4. The molecule has 4 heteroatoms. The summed E-state index contributed by atoms with van der Waals surface area (Å²) in [6, 6.07) is 8.98. The van der Waals surface area contributed by atoms with Gasteiger partial charge in [0.25, 0.3) is 0 Å². The number of ether oxygens (including phenoxy) is 1. The van der Waals surface area contributed by atoms with Crippen molar-refractivity contribution in [3.63, 3.8) is 0 Å². The summed E-state index contributed by atoms with van der Waals surface area (Å²) >= 11 is 0. The maximum absolute atomic E-state index is 5.62. The second kappa shape index (κ2) is 6.89. The van der Waals surface area contributed by atoms with Gasteiger partial charge >= 0.3 is 0 Å². The fourth-order valence-electron chi connectivity index (χ4n) is 2.73. The molecule has 0 amide bonds. The van der Waals surface area contributed by atoms with Crippen LogP contribution < -0.4 is 10.5 Å². The summed E-state index contributed by atoms with van der Waals surface area (Å²) in [5.41, 5.74) is 6.94. The zero-order valence-corrected chi connectivity index (χ0v) is 12.0. The van der Waals surface area contributed by atoms with E-state index in [2.05, 4.69) is 35.0 Å². The van der Waals surface area contributed by atoms with Crippen molar-refractivity contribution in [1.29, 1.82) is 0 Å². The third kappa shape index (κ3) is 3.93. The fraction of sp³-hybridized carbons (Fsp3) is 0.600. The Labute approximate surface area is 116 Å². The monoisotopic (exact) mass is 263 g/mol. The molecule has 0 aliphatic carbocycles. The normalized spacial score (nSPS) is 20.1. The molecule has 1 aromatic carbocycles. The molecule has 0 saturated carbocycles. The summed E-state index contributed by atoms with van der Waals surface area (Å²) in [5.74, 6) is 0.938. The first-order chi connectivity index (χ1) is 9.22. The van der Waals surface area contributed by atoms with E-state index in [-0.39, 0.29) is 0 Å². The molecule has 1 aliphatic heterocycles. The van der Waals surface area contributed by atoms with Crippen LogP contribution in [0.4, 0.5) is 0 Å². The molecule has 0 spiro atoms. The van der Waals surface area contributed by atoms with Crippen LogP contribution in [0.3, 0.4) is 0 Å². The number of likely N-dealkylation sites (tertiary alicyclic amines) is 1. The Morgan fingerprint density at radius 1 is 1.47 bits per heavy atom. The van der Waals surface area contributed by atoms with Gasteiger partial charge in [0.15, 0.2) is 0 Å². The van der Waals surface area contributed by atoms with Crippen LogP contribution in [0.1, 0.15) is 12.0 Å². The molecule has 2 N–H and O–H groups in total. The van der Waals surface area contributed by atoms with Gasteiger partial charge in [0, 0.05) is 38.8 Å². The van der Waals surface area contributed by atoms with E-state index in [1.54, 1.807) is 7.11 Å². The van der Waals surface area contributed by atoms with Crippen LogP contribution in [0, 0.1) is 0 Å². The Balaban J connectivity index is 1.87. The molecule has 0 aromatic heterocycles. The number of nitrogens with two attached hydrogens (primary N) is 1. The molecular weight excluding hydrogens is 238 g/mol. The summed E-state index contributed by atoms with van der Waals surface area (Å²) in [4.78, 5) is 4.89. The zero-order chi connectivity index (χ0) is 13.7. The van der Waals surface area contributed by atoms with Crippen molar-refractivity contribution in [3.8, 4) is 5.75 Å². The van der Waals surface area contributed by atoms with E-state index in [0.29, 0.717) is 6.04 Å². The highest BCUT2D eigenvalue weighted by Gasteiger charge is 2.25. The second-order valence-electron chi connectivity index (χ2n) is 5.30. The summed E-state index contributed by atoms with van der Waals surface area (Å²) < 4.78 is 5.27. The maximum Gasteiger partial charge on any atom is 0.119 e. The number of methoxy groups -OCH3 is 1. The lowest BCUT2D eigenvalue weighted by Crippen LogP contribution is -2.37. The molecule has 2 rings (SSSR count). The third-order valence-corrected chi connectivity index (χ3v) is 3.89. The number of benzene rings is 1. The van der Waals surface area contributed by atoms with Crippen LogP contribution in [-0.2, 0) is 6.54 Å². The van der Waals surface area contributed by atoms with Gasteiger partial charge in [-0.15, -0.1) is 0 Å². The van der Waals surface area contributed by atoms with E-state index in [9.17, 15) is 0 Å². The molecule has 1 aromatic rings. The molecule has 1 heterocycles. The van der Waals surface area contributed by atoms with Gasteiger partial charge in [-0.05, 0) is 31.2 Å². The van der Waals surface area contributed by atoms with Gasteiger partial charge in [0.05, 0.1) is 7.11 Å². The molecule has 0 bridgehead atoms. The van der Waals surface area contributed by atoms with E-state index >= 15 is 0 Å². The third-order valence-electron chi connectivity index (χ3n) is 3.89. The molecular formula is C15H25N3O. The van der Waals surface area contributed by atoms with Gasteiger partial charge in [-0.25, -0.2) is 0 Å². The van der Waals surface area contributed by atoms with Gasteiger partial charge < -0.3 is 15.4 Å². The van der Waals surface area contributed by atoms with Gasteiger partial charge in [-0.2, -0.15) is 0 Å². The lowest BCUT2D eigenvalue weighted by atomic mass is 10.2. The Bertz CT molecular complexity index is 397. The highest BCUT2D eigenvalue weighted by atomic mass is 16.5. The predicted molar refractivity (Wildman–Crippen MR) is 78.4 cm³/mol. The lowest BCUT2D eigenvalue weighted by Gasteiger charge is -2.24. The quantitative estimate of drug-likeness (QED) is 0.836. The van der Waals surface area contributed by atoms with Crippen molar-refractivity contribution < 1.29 is 4.74 Å². The van der Waals surface area contributed by atoms with E-state index in [4.69, 9.17) is 10.5 Å². The molecule has 1 aliphatic rings. The number of rotatable bonds is 6. The van der Waals surface area contributed by atoms with Crippen LogP contribution in [0.2, 0.25) is 0 Å². The molecule has 1 saturated heterocycles. The van der Waals surface area contributed by atoms with Crippen LogP contribution in [0.15, 0.2) is 24.3 Å².